The molecule has 2 heterocycles. The zero-order valence-electron chi connectivity index (χ0n) is 9.11. The van der Waals surface area contributed by atoms with Crippen LogP contribution in [0, 0.1) is 3.57 Å². The molecule has 0 saturated carbocycles. The van der Waals surface area contributed by atoms with Crippen LogP contribution in [0.1, 0.15) is 0 Å². The summed E-state index contributed by atoms with van der Waals surface area (Å²) in [5.74, 6) is 0.578. The Morgan fingerprint density at radius 3 is 3.11 bits per heavy atom. The van der Waals surface area contributed by atoms with Crippen LogP contribution in [0.5, 0.6) is 0 Å². The van der Waals surface area contributed by atoms with Gasteiger partial charge < -0.3 is 10.3 Å². The fraction of sp³-hybridized carbons (Fsp3) is 0. The van der Waals surface area contributed by atoms with Gasteiger partial charge in [0.15, 0.2) is 5.82 Å². The molecule has 3 rings (SSSR count). The molecular formula is C12H8IN3OS. The molecule has 3 aromatic rings. The third-order valence-electron chi connectivity index (χ3n) is 2.51. The molecule has 2 N–H and O–H groups in total. The number of nitrogens with one attached hydrogen (secondary N) is 2. The lowest BCUT2D eigenvalue weighted by atomic mass is 10.2. The smallest absolute Gasteiger partial charge is 0.266 e. The second-order valence-electron chi connectivity index (χ2n) is 3.69. The van der Waals surface area contributed by atoms with E-state index in [1.807, 2.05) is 34.7 Å². The standard InChI is InChI=1S/C12H8IN3OS/c13-10-11(14-6-15-12(10)17)16-8-1-2-9-7(5-8)3-4-18-9/h1-6H,(H2,14,15,16,17). The molecule has 1 aromatic carbocycles. The average Bonchev–Trinajstić information content (AvgIpc) is 2.82. The lowest BCUT2D eigenvalue weighted by Crippen LogP contribution is -2.12. The Balaban J connectivity index is 2.00. The number of nitrogens with zero attached hydrogens (tertiary/aromatic N) is 1. The van der Waals surface area contributed by atoms with Crippen molar-refractivity contribution in [1.82, 2.24) is 9.97 Å². The van der Waals surface area contributed by atoms with Gasteiger partial charge in [-0.15, -0.1) is 11.3 Å². The van der Waals surface area contributed by atoms with Gasteiger partial charge in [-0.1, -0.05) is 0 Å². The second kappa shape index (κ2) is 4.69. The zero-order valence-corrected chi connectivity index (χ0v) is 12.1. The number of benzene rings is 1. The van der Waals surface area contributed by atoms with Gasteiger partial charge in [-0.2, -0.15) is 0 Å². The molecule has 0 spiro atoms. The molecule has 0 bridgehead atoms. The van der Waals surface area contributed by atoms with Crippen molar-refractivity contribution in [3.63, 3.8) is 0 Å². The molecule has 0 aliphatic carbocycles. The van der Waals surface area contributed by atoms with Crippen molar-refractivity contribution in [1.29, 1.82) is 0 Å². The Morgan fingerprint density at radius 2 is 2.22 bits per heavy atom. The van der Waals surface area contributed by atoms with Crippen LogP contribution in [0.4, 0.5) is 11.5 Å². The van der Waals surface area contributed by atoms with Crippen molar-refractivity contribution < 1.29 is 0 Å². The third kappa shape index (κ3) is 2.13. The molecule has 6 heteroatoms. The summed E-state index contributed by atoms with van der Waals surface area (Å²) in [6.07, 6.45) is 1.40. The highest BCUT2D eigenvalue weighted by molar-refractivity contribution is 14.1. The predicted octanol–water partition coefficient (Wildman–Crippen LogP) is 3.33. The zero-order chi connectivity index (χ0) is 12.5. The molecule has 0 fully saturated rings. The summed E-state index contributed by atoms with van der Waals surface area (Å²) < 4.78 is 1.80. The summed E-state index contributed by atoms with van der Waals surface area (Å²) in [4.78, 5) is 18.1. The first-order valence-electron chi connectivity index (χ1n) is 5.21. The third-order valence-corrected chi connectivity index (χ3v) is 4.41. The number of fused-ring (bicyclic) bond motifs is 1. The summed E-state index contributed by atoms with van der Waals surface area (Å²) in [6, 6.07) is 8.16. The van der Waals surface area contributed by atoms with Crippen LogP contribution in [0.3, 0.4) is 0 Å². The van der Waals surface area contributed by atoms with E-state index in [9.17, 15) is 4.79 Å². The van der Waals surface area contributed by atoms with E-state index in [0.717, 1.165) is 5.69 Å². The highest BCUT2D eigenvalue weighted by atomic mass is 127. The lowest BCUT2D eigenvalue weighted by Gasteiger charge is -2.06. The Bertz CT molecular complexity index is 765. The summed E-state index contributed by atoms with van der Waals surface area (Å²) in [5, 5.41) is 6.41. The Morgan fingerprint density at radius 1 is 1.33 bits per heavy atom. The van der Waals surface area contributed by atoms with E-state index in [0.29, 0.717) is 9.39 Å². The topological polar surface area (TPSA) is 57.8 Å². The van der Waals surface area contributed by atoms with Gasteiger partial charge in [-0.25, -0.2) is 4.98 Å². The normalized spacial score (nSPS) is 10.7. The first-order valence-corrected chi connectivity index (χ1v) is 7.17. The molecule has 18 heavy (non-hydrogen) atoms. The molecule has 0 unspecified atom stereocenters. The van der Waals surface area contributed by atoms with Crippen LogP contribution in [0.25, 0.3) is 10.1 Å². The van der Waals surface area contributed by atoms with E-state index in [2.05, 4.69) is 32.8 Å². The van der Waals surface area contributed by atoms with Gasteiger partial charge in [0.2, 0.25) is 0 Å². The first kappa shape index (κ1) is 11.7. The number of aromatic nitrogens is 2. The summed E-state index contributed by atoms with van der Waals surface area (Å²) in [6.45, 7) is 0. The maximum Gasteiger partial charge on any atom is 0.266 e. The van der Waals surface area contributed by atoms with Crippen LogP contribution in [0.2, 0.25) is 0 Å². The van der Waals surface area contributed by atoms with E-state index in [4.69, 9.17) is 0 Å². The summed E-state index contributed by atoms with van der Waals surface area (Å²) >= 11 is 3.69. The molecule has 4 nitrogen and oxygen atoms in total. The van der Waals surface area contributed by atoms with Crippen molar-refractivity contribution in [2.24, 2.45) is 0 Å². The van der Waals surface area contributed by atoms with E-state index in [1.54, 1.807) is 11.3 Å². The highest BCUT2D eigenvalue weighted by Gasteiger charge is 2.05. The second-order valence-corrected chi connectivity index (χ2v) is 5.72. The average molecular weight is 369 g/mol. The largest absolute Gasteiger partial charge is 0.339 e. The van der Waals surface area contributed by atoms with Gasteiger partial charge in [0.05, 0.1) is 6.33 Å². The Hall–Kier alpha value is -1.41. The molecule has 0 saturated heterocycles. The maximum absolute atomic E-state index is 11.5. The number of hydrogen-bond acceptors (Lipinski definition) is 4. The minimum atomic E-state index is -0.135. The number of rotatable bonds is 2. The van der Waals surface area contributed by atoms with Crippen molar-refractivity contribution >= 4 is 55.5 Å². The monoisotopic (exact) mass is 369 g/mol. The van der Waals surface area contributed by atoms with Gasteiger partial charge in [-0.05, 0) is 57.6 Å². The molecule has 90 valence electrons. The van der Waals surface area contributed by atoms with E-state index in [-0.39, 0.29) is 5.56 Å². The molecule has 0 amide bonds. The minimum absolute atomic E-state index is 0.135. The molecular weight excluding hydrogens is 361 g/mol. The van der Waals surface area contributed by atoms with Gasteiger partial charge >= 0.3 is 0 Å². The van der Waals surface area contributed by atoms with Gasteiger partial charge in [-0.3, -0.25) is 4.79 Å². The van der Waals surface area contributed by atoms with Crippen LogP contribution >= 0.6 is 33.9 Å². The van der Waals surface area contributed by atoms with Crippen molar-refractivity contribution in [2.45, 2.75) is 0 Å². The van der Waals surface area contributed by atoms with E-state index in [1.165, 1.54) is 16.4 Å². The van der Waals surface area contributed by atoms with Gasteiger partial charge in [0.25, 0.3) is 5.56 Å². The summed E-state index contributed by atoms with van der Waals surface area (Å²) in [7, 11) is 0. The quantitative estimate of drug-likeness (QED) is 0.682. The Kier molecular flexibility index (Phi) is 3.04. The SMILES string of the molecule is O=c1[nH]cnc(Nc2ccc3sccc3c2)c1I. The van der Waals surface area contributed by atoms with Gasteiger partial charge in [0.1, 0.15) is 3.57 Å². The van der Waals surface area contributed by atoms with Crippen LogP contribution < -0.4 is 10.9 Å². The highest BCUT2D eigenvalue weighted by Crippen LogP contribution is 2.25. The molecule has 0 atom stereocenters. The van der Waals surface area contributed by atoms with Crippen molar-refractivity contribution in [2.75, 3.05) is 5.32 Å². The predicted molar refractivity (Wildman–Crippen MR) is 82.7 cm³/mol. The molecule has 2 aromatic heterocycles. The number of hydrogen-bond donors (Lipinski definition) is 2. The summed E-state index contributed by atoms with van der Waals surface area (Å²) in [5.41, 5.74) is 0.793. The van der Waals surface area contributed by atoms with Crippen molar-refractivity contribution in [3.05, 3.63) is 49.9 Å². The number of halogens is 1. The van der Waals surface area contributed by atoms with Crippen LogP contribution in [0.15, 0.2) is 40.8 Å². The van der Waals surface area contributed by atoms with Crippen LogP contribution in [-0.4, -0.2) is 9.97 Å². The van der Waals surface area contributed by atoms with Crippen LogP contribution in [-0.2, 0) is 0 Å². The fourth-order valence-electron chi connectivity index (χ4n) is 1.65. The maximum atomic E-state index is 11.5. The molecule has 0 aliphatic rings. The number of H-pyrrole nitrogens is 1. The van der Waals surface area contributed by atoms with Crippen molar-refractivity contribution in [3.8, 4) is 0 Å². The lowest BCUT2D eigenvalue weighted by molar-refractivity contribution is 1.10. The number of thiophene rings is 1. The van der Waals surface area contributed by atoms with Gasteiger partial charge in [0, 0.05) is 10.4 Å². The fourth-order valence-corrected chi connectivity index (χ4v) is 2.85. The Labute approximate surface area is 120 Å². The van der Waals surface area contributed by atoms with E-state index >= 15 is 0 Å². The van der Waals surface area contributed by atoms with E-state index < -0.39 is 0 Å². The minimum Gasteiger partial charge on any atom is -0.339 e. The molecule has 0 radical (unpaired) electrons. The number of aromatic amines is 1. The number of anilines is 2. The molecule has 0 aliphatic heterocycles. The first-order chi connectivity index (χ1) is 8.74.